The number of nitrogens with zero attached hydrogens (tertiary/aromatic N) is 5. The van der Waals surface area contributed by atoms with Crippen molar-refractivity contribution < 1.29 is 4.79 Å². The molecule has 2 aromatic carbocycles. The van der Waals surface area contributed by atoms with Crippen LogP contribution in [0.2, 0.25) is 0 Å². The number of hydrogen-bond acceptors (Lipinski definition) is 4. The molecule has 1 unspecified atom stereocenters. The molecule has 0 aliphatic carbocycles. The fraction of sp³-hybridized carbons (Fsp3) is 0.286. The SMILES string of the molecule is CSc1nnc(C2CCCN2C(=O)N(c2ccccc2)c2ccccc2)n1C. The van der Waals surface area contributed by atoms with Gasteiger partial charge in [0.05, 0.1) is 17.4 Å². The molecule has 1 fully saturated rings. The Labute approximate surface area is 169 Å². The highest BCUT2D eigenvalue weighted by atomic mass is 32.2. The van der Waals surface area contributed by atoms with Gasteiger partial charge in [-0.1, -0.05) is 48.2 Å². The van der Waals surface area contributed by atoms with E-state index in [1.54, 1.807) is 16.7 Å². The minimum Gasteiger partial charge on any atom is -0.314 e. The number of anilines is 2. The largest absolute Gasteiger partial charge is 0.329 e. The second-order valence-electron chi connectivity index (χ2n) is 6.74. The lowest BCUT2D eigenvalue weighted by Gasteiger charge is -2.31. The maximum atomic E-state index is 13.7. The second kappa shape index (κ2) is 8.06. The van der Waals surface area contributed by atoms with Crippen LogP contribution in [0.3, 0.4) is 0 Å². The zero-order valence-corrected chi connectivity index (χ0v) is 16.8. The molecule has 6 nitrogen and oxygen atoms in total. The Morgan fingerprint density at radius 1 is 1.04 bits per heavy atom. The Bertz CT molecular complexity index is 904. The van der Waals surface area contributed by atoms with E-state index in [4.69, 9.17) is 0 Å². The van der Waals surface area contributed by atoms with Crippen molar-refractivity contribution >= 4 is 29.2 Å². The van der Waals surface area contributed by atoms with Crippen LogP contribution in [0.1, 0.15) is 24.7 Å². The maximum Gasteiger partial charge on any atom is 0.329 e. The van der Waals surface area contributed by atoms with E-state index in [0.29, 0.717) is 6.54 Å². The summed E-state index contributed by atoms with van der Waals surface area (Å²) in [4.78, 5) is 17.4. The van der Waals surface area contributed by atoms with Crippen molar-refractivity contribution in [3.8, 4) is 0 Å². The highest BCUT2D eigenvalue weighted by Gasteiger charge is 2.36. The maximum absolute atomic E-state index is 13.7. The fourth-order valence-electron chi connectivity index (χ4n) is 3.71. The van der Waals surface area contributed by atoms with E-state index in [2.05, 4.69) is 10.2 Å². The van der Waals surface area contributed by atoms with Gasteiger partial charge >= 0.3 is 6.03 Å². The van der Waals surface area contributed by atoms with Crippen molar-refractivity contribution in [2.75, 3.05) is 17.7 Å². The number of thioether (sulfide) groups is 1. The summed E-state index contributed by atoms with van der Waals surface area (Å²) in [6.07, 6.45) is 3.83. The van der Waals surface area contributed by atoms with Crippen molar-refractivity contribution in [2.45, 2.75) is 24.0 Å². The number of likely N-dealkylation sites (tertiary alicyclic amines) is 1. The van der Waals surface area contributed by atoms with Gasteiger partial charge in [-0.2, -0.15) is 0 Å². The summed E-state index contributed by atoms with van der Waals surface area (Å²) in [5.74, 6) is 0.844. The van der Waals surface area contributed by atoms with Crippen LogP contribution in [-0.4, -0.2) is 38.5 Å². The van der Waals surface area contributed by atoms with Gasteiger partial charge in [0, 0.05) is 13.6 Å². The van der Waals surface area contributed by atoms with Crippen molar-refractivity contribution in [3.05, 3.63) is 66.5 Å². The standard InChI is InChI=1S/C21H23N5OS/c1-24-19(22-23-20(24)28-2)18-14-9-15-25(18)21(27)26(16-10-5-3-6-11-16)17-12-7-4-8-13-17/h3-8,10-13,18H,9,14-15H2,1-2H3. The highest BCUT2D eigenvalue weighted by Crippen LogP contribution is 2.35. The van der Waals surface area contributed by atoms with Crippen LogP contribution < -0.4 is 4.90 Å². The average molecular weight is 394 g/mol. The quantitative estimate of drug-likeness (QED) is 0.606. The summed E-state index contributed by atoms with van der Waals surface area (Å²) in [5, 5.41) is 9.50. The molecule has 2 heterocycles. The van der Waals surface area contributed by atoms with Gasteiger partial charge in [0.2, 0.25) is 0 Å². The van der Waals surface area contributed by atoms with E-state index in [1.807, 2.05) is 83.4 Å². The number of para-hydroxylation sites is 2. The third-order valence-corrected chi connectivity index (χ3v) is 5.79. The lowest BCUT2D eigenvalue weighted by atomic mass is 10.2. The third kappa shape index (κ3) is 3.38. The van der Waals surface area contributed by atoms with Crippen LogP contribution >= 0.6 is 11.8 Å². The summed E-state index contributed by atoms with van der Waals surface area (Å²) in [6.45, 7) is 0.709. The molecule has 4 rings (SSSR count). The molecule has 1 aliphatic rings. The normalized spacial score (nSPS) is 16.4. The zero-order valence-electron chi connectivity index (χ0n) is 16.0. The zero-order chi connectivity index (χ0) is 19.5. The molecule has 144 valence electrons. The Morgan fingerprint density at radius 3 is 2.18 bits per heavy atom. The van der Waals surface area contributed by atoms with Crippen LogP contribution in [0.5, 0.6) is 0 Å². The lowest BCUT2D eigenvalue weighted by Crippen LogP contribution is -2.41. The van der Waals surface area contributed by atoms with Crippen LogP contribution in [0, 0.1) is 0 Å². The molecule has 1 aliphatic heterocycles. The molecule has 3 aromatic rings. The minimum absolute atomic E-state index is 0.0337. The van der Waals surface area contributed by atoms with Crippen molar-refractivity contribution in [1.29, 1.82) is 0 Å². The molecule has 2 amide bonds. The Kier molecular flexibility index (Phi) is 5.34. The molecular weight excluding hydrogens is 370 g/mol. The molecule has 0 saturated carbocycles. The Morgan fingerprint density at radius 2 is 1.64 bits per heavy atom. The van der Waals surface area contributed by atoms with Crippen LogP contribution in [0.15, 0.2) is 65.8 Å². The Hall–Kier alpha value is -2.80. The van der Waals surface area contributed by atoms with Gasteiger partial charge in [-0.3, -0.25) is 4.90 Å². The molecule has 7 heteroatoms. The molecule has 28 heavy (non-hydrogen) atoms. The summed E-state index contributed by atoms with van der Waals surface area (Å²) in [6, 6.07) is 19.5. The molecular formula is C21H23N5OS. The predicted molar refractivity (Wildman–Crippen MR) is 112 cm³/mol. The molecule has 0 spiro atoms. The number of hydrogen-bond donors (Lipinski definition) is 0. The van der Waals surface area contributed by atoms with Crippen LogP contribution in [-0.2, 0) is 7.05 Å². The molecule has 1 aromatic heterocycles. The van der Waals surface area contributed by atoms with E-state index < -0.39 is 0 Å². The summed E-state index contributed by atoms with van der Waals surface area (Å²) in [5.41, 5.74) is 1.71. The van der Waals surface area contributed by atoms with E-state index in [0.717, 1.165) is 35.2 Å². The summed E-state index contributed by atoms with van der Waals surface area (Å²) in [7, 11) is 1.97. The first-order valence-corrected chi connectivity index (χ1v) is 10.6. The lowest BCUT2D eigenvalue weighted by molar-refractivity contribution is 0.199. The summed E-state index contributed by atoms with van der Waals surface area (Å²) >= 11 is 1.56. The van der Waals surface area contributed by atoms with Crippen LogP contribution in [0.25, 0.3) is 0 Å². The molecule has 1 atom stereocenters. The molecule has 0 N–H and O–H groups in total. The number of carbonyl (C=O) groups is 1. The number of carbonyl (C=O) groups excluding carboxylic acids is 1. The van der Waals surface area contributed by atoms with Crippen molar-refractivity contribution in [3.63, 3.8) is 0 Å². The molecule has 0 bridgehead atoms. The first-order valence-electron chi connectivity index (χ1n) is 9.35. The van der Waals surface area contributed by atoms with E-state index in [9.17, 15) is 4.79 Å². The van der Waals surface area contributed by atoms with Gasteiger partial charge < -0.3 is 9.47 Å². The van der Waals surface area contributed by atoms with Gasteiger partial charge in [0.25, 0.3) is 0 Å². The number of rotatable bonds is 4. The van der Waals surface area contributed by atoms with Gasteiger partial charge in [-0.25, -0.2) is 4.79 Å². The smallest absolute Gasteiger partial charge is 0.314 e. The number of aromatic nitrogens is 3. The average Bonchev–Trinajstić information content (AvgIpc) is 3.36. The topological polar surface area (TPSA) is 54.3 Å². The minimum atomic E-state index is -0.0687. The molecule has 0 radical (unpaired) electrons. The van der Waals surface area contributed by atoms with E-state index in [1.165, 1.54) is 0 Å². The first kappa shape index (κ1) is 18.6. The van der Waals surface area contributed by atoms with E-state index in [-0.39, 0.29) is 12.1 Å². The molecule has 1 saturated heterocycles. The van der Waals surface area contributed by atoms with Crippen molar-refractivity contribution in [2.24, 2.45) is 7.05 Å². The number of urea groups is 1. The van der Waals surface area contributed by atoms with Crippen LogP contribution in [0.4, 0.5) is 16.2 Å². The first-order chi connectivity index (χ1) is 13.7. The number of amides is 2. The number of benzene rings is 2. The third-order valence-electron chi connectivity index (χ3n) is 5.07. The fourth-order valence-corrected chi connectivity index (χ4v) is 4.20. The summed E-state index contributed by atoms with van der Waals surface area (Å²) < 4.78 is 2.00. The predicted octanol–water partition coefficient (Wildman–Crippen LogP) is 4.63. The highest BCUT2D eigenvalue weighted by molar-refractivity contribution is 7.98. The van der Waals surface area contributed by atoms with Gasteiger partial charge in [-0.05, 0) is 43.4 Å². The van der Waals surface area contributed by atoms with Gasteiger partial charge in [0.15, 0.2) is 11.0 Å². The van der Waals surface area contributed by atoms with Gasteiger partial charge in [-0.15, -0.1) is 10.2 Å². The van der Waals surface area contributed by atoms with Gasteiger partial charge in [0.1, 0.15) is 0 Å². The monoisotopic (exact) mass is 393 g/mol. The Balaban J connectivity index is 1.71. The second-order valence-corrected chi connectivity index (χ2v) is 7.52. The van der Waals surface area contributed by atoms with Crippen molar-refractivity contribution in [1.82, 2.24) is 19.7 Å². The van der Waals surface area contributed by atoms with E-state index >= 15 is 0 Å².